The van der Waals surface area contributed by atoms with Gasteiger partial charge < -0.3 is 5.32 Å². The lowest BCUT2D eigenvalue weighted by molar-refractivity contribution is 0.377. The topological polar surface area (TPSA) is 12.0 Å². The van der Waals surface area contributed by atoms with Crippen molar-refractivity contribution in [1.29, 1.82) is 0 Å². The second kappa shape index (κ2) is 5.13. The molecule has 1 N–H and O–H groups in total. The van der Waals surface area contributed by atoms with E-state index in [1.54, 1.807) is 0 Å². The number of nitrogens with one attached hydrogen (secondary N) is 1. The van der Waals surface area contributed by atoms with Crippen molar-refractivity contribution in [2.45, 2.75) is 38.6 Å². The summed E-state index contributed by atoms with van der Waals surface area (Å²) in [4.78, 5) is 1.51. The molecule has 0 amide bonds. The SMILES string of the molecule is CCC1CCC(C(NC)c2cccs2)C1. The zero-order valence-electron chi connectivity index (χ0n) is 9.70. The lowest BCUT2D eigenvalue weighted by Gasteiger charge is -2.22. The summed E-state index contributed by atoms with van der Waals surface area (Å²) in [5.74, 6) is 1.84. The van der Waals surface area contributed by atoms with E-state index in [2.05, 4.69) is 36.8 Å². The van der Waals surface area contributed by atoms with Gasteiger partial charge >= 0.3 is 0 Å². The van der Waals surface area contributed by atoms with Crippen LogP contribution in [0.1, 0.15) is 43.5 Å². The first-order valence-corrected chi connectivity index (χ1v) is 6.93. The van der Waals surface area contributed by atoms with Crippen LogP contribution < -0.4 is 5.32 Å². The molecule has 0 spiro atoms. The number of hydrogen-bond acceptors (Lipinski definition) is 2. The Bertz CT molecular complexity index is 281. The first-order chi connectivity index (χ1) is 7.35. The highest BCUT2D eigenvalue weighted by Gasteiger charge is 2.30. The van der Waals surface area contributed by atoms with Crippen LogP contribution in [-0.2, 0) is 0 Å². The van der Waals surface area contributed by atoms with Crippen molar-refractivity contribution in [3.05, 3.63) is 22.4 Å². The third-order valence-electron chi connectivity index (χ3n) is 3.79. The van der Waals surface area contributed by atoms with Gasteiger partial charge in [-0.1, -0.05) is 25.8 Å². The lowest BCUT2D eigenvalue weighted by atomic mass is 9.95. The van der Waals surface area contributed by atoms with Crippen LogP contribution in [0.2, 0.25) is 0 Å². The largest absolute Gasteiger partial charge is 0.312 e. The molecular weight excluding hydrogens is 202 g/mol. The van der Waals surface area contributed by atoms with Gasteiger partial charge in [0.2, 0.25) is 0 Å². The molecule has 1 aliphatic carbocycles. The molecule has 15 heavy (non-hydrogen) atoms. The van der Waals surface area contributed by atoms with E-state index in [-0.39, 0.29) is 0 Å². The molecule has 0 aromatic carbocycles. The summed E-state index contributed by atoms with van der Waals surface area (Å²) >= 11 is 1.89. The van der Waals surface area contributed by atoms with Gasteiger partial charge in [-0.3, -0.25) is 0 Å². The summed E-state index contributed by atoms with van der Waals surface area (Å²) in [6.45, 7) is 2.33. The molecule has 1 saturated carbocycles. The zero-order chi connectivity index (χ0) is 10.7. The van der Waals surface area contributed by atoms with Crippen molar-refractivity contribution < 1.29 is 0 Å². The fraction of sp³-hybridized carbons (Fsp3) is 0.692. The van der Waals surface area contributed by atoms with Crippen LogP contribution in [0.5, 0.6) is 0 Å². The normalized spacial score (nSPS) is 28.1. The highest BCUT2D eigenvalue weighted by molar-refractivity contribution is 7.10. The van der Waals surface area contributed by atoms with E-state index in [0.29, 0.717) is 6.04 Å². The van der Waals surface area contributed by atoms with E-state index in [1.807, 2.05) is 11.3 Å². The average Bonchev–Trinajstić information content (AvgIpc) is 2.89. The smallest absolute Gasteiger partial charge is 0.0441 e. The van der Waals surface area contributed by atoms with Gasteiger partial charge in [0.15, 0.2) is 0 Å². The summed E-state index contributed by atoms with van der Waals surface area (Å²) in [6.07, 6.45) is 5.61. The van der Waals surface area contributed by atoms with Gasteiger partial charge in [-0.25, -0.2) is 0 Å². The molecule has 0 bridgehead atoms. The predicted octanol–water partition coefficient (Wildman–Crippen LogP) is 3.83. The summed E-state index contributed by atoms with van der Waals surface area (Å²) in [7, 11) is 2.10. The van der Waals surface area contributed by atoms with Crippen LogP contribution in [0, 0.1) is 11.8 Å². The molecular formula is C13H21NS. The molecule has 1 aromatic rings. The van der Waals surface area contributed by atoms with Gasteiger partial charge in [-0.2, -0.15) is 0 Å². The Morgan fingerprint density at radius 1 is 1.53 bits per heavy atom. The quantitative estimate of drug-likeness (QED) is 0.818. The highest BCUT2D eigenvalue weighted by Crippen LogP contribution is 2.41. The van der Waals surface area contributed by atoms with Crippen LogP contribution in [-0.4, -0.2) is 7.05 Å². The van der Waals surface area contributed by atoms with E-state index < -0.39 is 0 Å². The molecule has 1 nitrogen and oxygen atoms in total. The lowest BCUT2D eigenvalue weighted by Crippen LogP contribution is -2.22. The maximum Gasteiger partial charge on any atom is 0.0441 e. The maximum atomic E-state index is 3.50. The summed E-state index contributed by atoms with van der Waals surface area (Å²) < 4.78 is 0. The molecule has 1 aromatic heterocycles. The van der Waals surface area contributed by atoms with Gasteiger partial charge in [0.25, 0.3) is 0 Å². The standard InChI is InChI=1S/C13H21NS/c1-3-10-6-7-11(9-10)13(14-2)12-5-4-8-15-12/h4-5,8,10-11,13-14H,3,6-7,9H2,1-2H3. The zero-order valence-corrected chi connectivity index (χ0v) is 10.5. The van der Waals surface area contributed by atoms with E-state index in [1.165, 1.54) is 30.6 Å². The minimum atomic E-state index is 0.599. The molecule has 3 unspecified atom stereocenters. The van der Waals surface area contributed by atoms with E-state index in [0.717, 1.165) is 11.8 Å². The van der Waals surface area contributed by atoms with Crippen molar-refractivity contribution in [2.75, 3.05) is 7.05 Å². The van der Waals surface area contributed by atoms with Crippen molar-refractivity contribution in [3.8, 4) is 0 Å². The van der Waals surface area contributed by atoms with Crippen LogP contribution in [0.4, 0.5) is 0 Å². The first-order valence-electron chi connectivity index (χ1n) is 6.05. The van der Waals surface area contributed by atoms with Gasteiger partial charge in [0, 0.05) is 10.9 Å². The van der Waals surface area contributed by atoms with Gasteiger partial charge in [0.05, 0.1) is 0 Å². The van der Waals surface area contributed by atoms with Crippen molar-refractivity contribution in [1.82, 2.24) is 5.32 Å². The van der Waals surface area contributed by atoms with Crippen LogP contribution >= 0.6 is 11.3 Å². The Balaban J connectivity index is 2.02. The first kappa shape index (κ1) is 11.2. The van der Waals surface area contributed by atoms with E-state index >= 15 is 0 Å². The minimum Gasteiger partial charge on any atom is -0.312 e. The van der Waals surface area contributed by atoms with Crippen molar-refractivity contribution in [2.24, 2.45) is 11.8 Å². The Labute approximate surface area is 96.9 Å². The van der Waals surface area contributed by atoms with Crippen LogP contribution in [0.25, 0.3) is 0 Å². The molecule has 0 saturated heterocycles. The number of hydrogen-bond donors (Lipinski definition) is 1. The third kappa shape index (κ3) is 2.43. The van der Waals surface area contributed by atoms with Crippen molar-refractivity contribution in [3.63, 3.8) is 0 Å². The minimum absolute atomic E-state index is 0.599. The molecule has 0 radical (unpaired) electrons. The van der Waals surface area contributed by atoms with Gasteiger partial charge in [0.1, 0.15) is 0 Å². The Kier molecular flexibility index (Phi) is 3.81. The van der Waals surface area contributed by atoms with Crippen LogP contribution in [0.3, 0.4) is 0 Å². The highest BCUT2D eigenvalue weighted by atomic mass is 32.1. The average molecular weight is 223 g/mol. The molecule has 1 aliphatic rings. The molecule has 84 valence electrons. The second-order valence-electron chi connectivity index (χ2n) is 4.63. The number of rotatable bonds is 4. The molecule has 2 heteroatoms. The fourth-order valence-corrected chi connectivity index (χ4v) is 3.79. The van der Waals surface area contributed by atoms with Crippen molar-refractivity contribution >= 4 is 11.3 Å². The van der Waals surface area contributed by atoms with Crippen LogP contribution in [0.15, 0.2) is 17.5 Å². The summed E-state index contributed by atoms with van der Waals surface area (Å²) in [6, 6.07) is 5.03. The molecule has 3 atom stereocenters. The molecule has 1 heterocycles. The maximum absolute atomic E-state index is 3.50. The van der Waals surface area contributed by atoms with Gasteiger partial charge in [-0.05, 0) is 43.2 Å². The Morgan fingerprint density at radius 2 is 2.40 bits per heavy atom. The third-order valence-corrected chi connectivity index (χ3v) is 4.75. The Morgan fingerprint density at radius 3 is 2.93 bits per heavy atom. The summed E-state index contributed by atoms with van der Waals surface area (Å²) in [5.41, 5.74) is 0. The fourth-order valence-electron chi connectivity index (χ4n) is 2.87. The van der Waals surface area contributed by atoms with E-state index in [9.17, 15) is 0 Å². The summed E-state index contributed by atoms with van der Waals surface area (Å²) in [5, 5.41) is 5.69. The van der Waals surface area contributed by atoms with Gasteiger partial charge in [-0.15, -0.1) is 11.3 Å². The molecule has 0 aliphatic heterocycles. The molecule has 2 rings (SSSR count). The predicted molar refractivity (Wildman–Crippen MR) is 67.2 cm³/mol. The molecule has 1 fully saturated rings. The second-order valence-corrected chi connectivity index (χ2v) is 5.61. The monoisotopic (exact) mass is 223 g/mol. The van der Waals surface area contributed by atoms with E-state index in [4.69, 9.17) is 0 Å². The number of thiophene rings is 1. The Hall–Kier alpha value is -0.340.